The van der Waals surface area contributed by atoms with Gasteiger partial charge in [0.2, 0.25) is 11.8 Å². The van der Waals surface area contributed by atoms with Gasteiger partial charge in [-0.3, -0.25) is 24.2 Å². The van der Waals surface area contributed by atoms with Gasteiger partial charge < -0.3 is 79.0 Å². The van der Waals surface area contributed by atoms with Crippen LogP contribution in [0.1, 0.15) is 99.0 Å². The number of amides is 3. The number of fused-ring (bicyclic) bond motifs is 3. The van der Waals surface area contributed by atoms with Crippen LogP contribution in [0.5, 0.6) is 17.2 Å². The lowest BCUT2D eigenvalue weighted by Gasteiger charge is -2.20. The molecule has 2 aliphatic rings. The van der Waals surface area contributed by atoms with Gasteiger partial charge in [-0.2, -0.15) is 0 Å². The predicted octanol–water partition coefficient (Wildman–Crippen LogP) is 8.41. The molecule has 1 aliphatic carbocycles. The van der Waals surface area contributed by atoms with Crippen molar-refractivity contribution in [3.05, 3.63) is 132 Å². The zero-order chi connectivity index (χ0) is 65.1. The quantitative estimate of drug-likeness (QED) is 0.00311. The van der Waals surface area contributed by atoms with Crippen molar-refractivity contribution >= 4 is 63.5 Å². The summed E-state index contributed by atoms with van der Waals surface area (Å²) in [7, 11) is 0. The second-order valence-corrected chi connectivity index (χ2v) is 21.0. The van der Waals surface area contributed by atoms with E-state index in [0.29, 0.717) is 95.1 Å². The zero-order valence-electron chi connectivity index (χ0n) is 52.2. The molecule has 0 spiro atoms. The van der Waals surface area contributed by atoms with Crippen LogP contribution in [-0.2, 0) is 38.1 Å². The largest absolute Gasteiger partial charge is 0.494 e. The van der Waals surface area contributed by atoms with Crippen LogP contribution >= 0.6 is 0 Å². The molecule has 3 aromatic carbocycles. The number of nitrogens with two attached hydrogens (primary N) is 1. The molecule has 3 amide bonds. The van der Waals surface area contributed by atoms with Crippen LogP contribution in [0.25, 0.3) is 44.5 Å². The second kappa shape index (κ2) is 35.7. The monoisotopic (exact) mass is 1250 g/mol. The lowest BCUT2D eigenvalue weighted by atomic mass is 9.91. The first-order chi connectivity index (χ1) is 44.1. The molecule has 0 fully saturated rings. The summed E-state index contributed by atoms with van der Waals surface area (Å²) < 4.78 is 48.3. The Bertz CT molecular complexity index is 3760. The normalized spacial score (nSPS) is 12.4. The highest BCUT2D eigenvalue weighted by Crippen LogP contribution is 2.46. The van der Waals surface area contributed by atoms with Crippen LogP contribution in [0, 0.1) is 25.7 Å². The predicted molar refractivity (Wildman–Crippen MR) is 345 cm³/mol. The number of benzene rings is 4. The molecule has 1 aliphatic heterocycles. The van der Waals surface area contributed by atoms with Gasteiger partial charge >= 0.3 is 5.97 Å². The lowest BCUT2D eigenvalue weighted by Crippen LogP contribution is -2.33. The first-order valence-electron chi connectivity index (χ1n) is 30.3. The van der Waals surface area contributed by atoms with E-state index in [-0.39, 0.29) is 76.7 Å². The van der Waals surface area contributed by atoms with Crippen molar-refractivity contribution in [2.45, 2.75) is 98.2 Å². The summed E-state index contributed by atoms with van der Waals surface area (Å²) in [5, 5.41) is 25.2. The Labute approximate surface area is 529 Å². The molecule has 91 heavy (non-hydrogen) atoms. The molecule has 3 heterocycles. The maximum Gasteiger partial charge on any atom is 0.308 e. The number of hydrogen-bond acceptors (Lipinski definition) is 19. The molecule has 7 rings (SSSR count). The Morgan fingerprint density at radius 2 is 1.67 bits per heavy atom. The Morgan fingerprint density at radius 3 is 2.44 bits per heavy atom. The van der Waals surface area contributed by atoms with Crippen LogP contribution in [0.3, 0.4) is 0 Å². The van der Waals surface area contributed by atoms with Crippen LogP contribution in [0.2, 0.25) is 0 Å². The summed E-state index contributed by atoms with van der Waals surface area (Å²) >= 11 is 0. The highest BCUT2D eigenvalue weighted by molar-refractivity contribution is 6.05. The van der Waals surface area contributed by atoms with E-state index in [1.54, 1.807) is 48.7 Å². The molecular weight excluding hydrogens is 1170 g/mol. The van der Waals surface area contributed by atoms with Gasteiger partial charge in [0.15, 0.2) is 6.29 Å². The number of esters is 1. The Kier molecular flexibility index (Phi) is 27.1. The highest BCUT2D eigenvalue weighted by Gasteiger charge is 2.25. The van der Waals surface area contributed by atoms with Gasteiger partial charge in [-0.05, 0) is 113 Å². The molecule has 23 nitrogen and oxygen atoms in total. The first kappa shape index (κ1) is 69.0. The number of nitrogens with zero attached hydrogens (tertiary/aromatic N) is 4. The van der Waals surface area contributed by atoms with Gasteiger partial charge in [-0.15, -0.1) is 13.2 Å². The fourth-order valence-corrected chi connectivity index (χ4v) is 9.82. The molecule has 0 bridgehead atoms. The van der Waals surface area contributed by atoms with Crippen LogP contribution in [-0.4, -0.2) is 135 Å². The number of carbonyl (C=O) groups is 5. The van der Waals surface area contributed by atoms with E-state index in [4.69, 9.17) is 43.3 Å². The Balaban J connectivity index is 0.819. The molecule has 23 heteroatoms. The highest BCUT2D eigenvalue weighted by atomic mass is 16.7. The average molecular weight is 1250 g/mol. The molecule has 2 aromatic heterocycles. The Morgan fingerprint density at radius 1 is 0.868 bits per heavy atom. The summed E-state index contributed by atoms with van der Waals surface area (Å²) in [4.78, 5) is 75.6. The van der Waals surface area contributed by atoms with E-state index in [1.807, 2.05) is 45.9 Å². The number of ether oxygens (including phenoxy) is 7. The third-order valence-electron chi connectivity index (χ3n) is 14.1. The maximum atomic E-state index is 13.1. The van der Waals surface area contributed by atoms with E-state index in [9.17, 15) is 29.1 Å². The van der Waals surface area contributed by atoms with Crippen molar-refractivity contribution in [1.29, 1.82) is 0 Å². The van der Waals surface area contributed by atoms with E-state index in [0.717, 1.165) is 58.1 Å². The number of rotatable bonds is 37. The van der Waals surface area contributed by atoms with E-state index in [1.165, 1.54) is 23.9 Å². The topological polar surface area (TPSA) is 301 Å². The van der Waals surface area contributed by atoms with Crippen LogP contribution in [0.15, 0.2) is 114 Å². The van der Waals surface area contributed by atoms with Crippen molar-refractivity contribution in [2.24, 2.45) is 4.99 Å². The zero-order valence-corrected chi connectivity index (χ0v) is 52.2. The van der Waals surface area contributed by atoms with E-state index < -0.39 is 37.1 Å². The minimum atomic E-state index is -1.17. The number of nitrogens with one attached hydrogen (secondary N) is 4. The molecule has 0 saturated heterocycles. The van der Waals surface area contributed by atoms with Gasteiger partial charge in [0, 0.05) is 104 Å². The smallest absolute Gasteiger partial charge is 0.308 e. The molecule has 7 N–H and O–H groups in total. The second-order valence-electron chi connectivity index (χ2n) is 21.0. The molecule has 5 aromatic rings. The van der Waals surface area contributed by atoms with Crippen molar-refractivity contribution in [2.75, 3.05) is 83.6 Å². The number of hydrogen-bond donors (Lipinski definition) is 6. The van der Waals surface area contributed by atoms with Gasteiger partial charge in [0.1, 0.15) is 78.9 Å². The summed E-state index contributed by atoms with van der Waals surface area (Å²) in [5.74, 6) is 6.56. The van der Waals surface area contributed by atoms with Gasteiger partial charge in [-0.1, -0.05) is 30.1 Å². The Hall–Kier alpha value is -9.44. The van der Waals surface area contributed by atoms with E-state index in [2.05, 4.69) is 73.4 Å². The van der Waals surface area contributed by atoms with Crippen LogP contribution in [0.4, 0.5) is 11.5 Å². The average Bonchev–Trinajstić information content (AvgIpc) is 1.32. The van der Waals surface area contributed by atoms with Crippen molar-refractivity contribution < 1.29 is 66.7 Å². The summed E-state index contributed by atoms with van der Waals surface area (Å²) in [5.41, 5.74) is 13.2. The molecule has 0 saturated carbocycles. The summed E-state index contributed by atoms with van der Waals surface area (Å²) in [6.07, 6.45) is 6.75. The maximum absolute atomic E-state index is 13.1. The molecule has 3 atom stereocenters. The number of aryl methyl sites for hydroxylation is 2. The van der Waals surface area contributed by atoms with Gasteiger partial charge in [-0.25, -0.2) is 9.97 Å². The third kappa shape index (κ3) is 20.3. The van der Waals surface area contributed by atoms with Crippen molar-refractivity contribution in [1.82, 2.24) is 30.5 Å². The summed E-state index contributed by atoms with van der Waals surface area (Å²) in [6.45, 7) is 18.9. The number of carbonyl (C=O) groups excluding carboxylic acids is 5. The van der Waals surface area contributed by atoms with Gasteiger partial charge in [0.05, 0.1) is 48.8 Å². The molecule has 0 radical (unpaired) electrons. The SMILES string of the molecule is C=CCOCO[C@@H](CC=O)C[C@@H](O)n1cc(C#CCNC(=O)COC(COc2cccc(C(=O)NCCCCCNC(=O)CCCOc3ccc(OC(C)=O)c(-c4c5cc(C)c(=NCC)cc-5oc5cc(NCC)c(C)cc45)c3)c2)OCC=C)c2c(N)ncnc21. The molecule has 1 unspecified atom stereocenters. The lowest BCUT2D eigenvalue weighted by molar-refractivity contribution is -0.162. The standard InChI is InChI=1S/C68H81N9O14/c1-8-29-84-43-89-51(24-28-78)36-62(82)77-39-48(64-66(69)75-42-76-67(64)77)19-16-27-73-61(81)40-88-63(86-30-9-2)41-87-49-20-15-18-47(34-49)68(83)74-26-14-12-13-25-72-60(80)21-17-31-85-50-22-23-57(90-46(7)79)54(35-50)65-52-32-44(5)55(70-10-3)37-58(52)91-59-38-56(71-11-4)45(6)33-53(59)65/h8-9,15,18,20,22-23,28,32-35,37-39,42,51,62-63,70,82H,1-2,10-14,17,21,24-27,29-31,36,40-41,43H2,3-7H3,(H,72,80)(H,73,81)(H,74,83)(H2,69,75,76)/t51-,62+,63?/m0/s1. The minimum Gasteiger partial charge on any atom is -0.494 e. The fraction of sp³-hybridized carbons (Fsp3) is 0.382. The number of aliphatic hydroxyl groups is 1. The minimum absolute atomic E-state index is 0.0223. The number of aliphatic hydroxyl groups excluding tert-OH is 1. The van der Waals surface area contributed by atoms with Gasteiger partial charge in [0.25, 0.3) is 5.91 Å². The van der Waals surface area contributed by atoms with Crippen molar-refractivity contribution in [3.8, 4) is 51.5 Å². The third-order valence-corrected chi connectivity index (χ3v) is 14.1. The van der Waals surface area contributed by atoms with E-state index >= 15 is 0 Å². The number of anilines is 2. The first-order valence-corrected chi connectivity index (χ1v) is 30.3. The molecular formula is C68H81N9O14. The van der Waals surface area contributed by atoms with Crippen LogP contribution < -0.4 is 46.6 Å². The number of unbranched alkanes of at least 4 members (excludes halogenated alkanes) is 2. The summed E-state index contributed by atoms with van der Waals surface area (Å²) in [6, 6.07) is 20.0. The number of nitrogen functional groups attached to an aromatic ring is 1. The fourth-order valence-electron chi connectivity index (χ4n) is 9.82. The number of aldehydes is 1. The van der Waals surface area contributed by atoms with Crippen molar-refractivity contribution in [3.63, 3.8) is 0 Å². The number of aromatic nitrogens is 3. The molecule has 482 valence electrons.